The van der Waals surface area contributed by atoms with Gasteiger partial charge >= 0.3 is 6.18 Å². The van der Waals surface area contributed by atoms with E-state index in [1.165, 1.54) is 6.20 Å². The van der Waals surface area contributed by atoms with Crippen molar-refractivity contribution in [2.24, 2.45) is 0 Å². The fourth-order valence-electron chi connectivity index (χ4n) is 3.12. The van der Waals surface area contributed by atoms with E-state index in [-0.39, 0.29) is 28.3 Å². The lowest BCUT2D eigenvalue weighted by Gasteiger charge is -2.13. The average molecular weight is 323 g/mol. The molecule has 9 heteroatoms. The van der Waals surface area contributed by atoms with E-state index >= 15 is 0 Å². The molecule has 1 fully saturated rings. The summed E-state index contributed by atoms with van der Waals surface area (Å²) in [5, 5.41) is 3.69. The molecule has 1 aliphatic carbocycles. The fraction of sp³-hybridized carbons (Fsp3) is 0.429. The Labute approximate surface area is 127 Å². The first-order chi connectivity index (χ1) is 10.9. The van der Waals surface area contributed by atoms with Gasteiger partial charge in [0.2, 0.25) is 0 Å². The lowest BCUT2D eigenvalue weighted by atomic mass is 10.2. The van der Waals surface area contributed by atoms with Gasteiger partial charge in [0.15, 0.2) is 0 Å². The molecular weight excluding hydrogens is 311 g/mol. The second kappa shape index (κ2) is 4.77. The molecule has 23 heavy (non-hydrogen) atoms. The number of halogens is 3. The molecule has 120 valence electrons. The third-order valence-electron chi connectivity index (χ3n) is 4.23. The number of rotatable bonds is 1. The van der Waals surface area contributed by atoms with Crippen molar-refractivity contribution in [2.75, 3.05) is 0 Å². The Hall–Kier alpha value is -2.45. The summed E-state index contributed by atoms with van der Waals surface area (Å²) >= 11 is 0. The molecule has 0 spiro atoms. The van der Waals surface area contributed by atoms with Crippen molar-refractivity contribution < 1.29 is 13.2 Å². The van der Waals surface area contributed by atoms with E-state index in [1.54, 1.807) is 16.8 Å². The topological polar surface area (TPSA) is 65.1 Å². The minimum Gasteiger partial charge on any atom is -0.312 e. The Morgan fingerprint density at radius 2 is 1.96 bits per heavy atom. The van der Waals surface area contributed by atoms with E-state index in [9.17, 15) is 18.0 Å². The maximum atomic E-state index is 12.7. The van der Waals surface area contributed by atoms with E-state index in [0.29, 0.717) is 0 Å². The van der Waals surface area contributed by atoms with Crippen LogP contribution in [0.15, 0.2) is 23.3 Å². The number of alkyl halides is 3. The third kappa shape index (κ3) is 2.18. The number of hydrogen-bond donors (Lipinski definition) is 0. The summed E-state index contributed by atoms with van der Waals surface area (Å²) in [6.07, 6.45) is 2.25. The second-order valence-electron chi connectivity index (χ2n) is 5.67. The van der Waals surface area contributed by atoms with Crippen LogP contribution in [0.2, 0.25) is 0 Å². The van der Waals surface area contributed by atoms with Gasteiger partial charge in [-0.3, -0.25) is 4.79 Å². The van der Waals surface area contributed by atoms with Crippen LogP contribution in [-0.2, 0) is 6.18 Å². The number of nitrogens with zero attached hydrogens (tertiary/aromatic N) is 5. The molecule has 1 saturated carbocycles. The van der Waals surface area contributed by atoms with Gasteiger partial charge in [-0.15, -0.1) is 5.10 Å². The summed E-state index contributed by atoms with van der Waals surface area (Å²) in [7, 11) is 0. The number of hydrogen-bond acceptors (Lipinski definition) is 4. The molecule has 0 aliphatic heterocycles. The largest absolute Gasteiger partial charge is 0.453 e. The van der Waals surface area contributed by atoms with Crippen LogP contribution in [0.5, 0.6) is 0 Å². The summed E-state index contributed by atoms with van der Waals surface area (Å²) < 4.78 is 40.8. The molecule has 0 saturated heterocycles. The second-order valence-corrected chi connectivity index (χ2v) is 5.67. The highest BCUT2D eigenvalue weighted by Gasteiger charge is 2.36. The van der Waals surface area contributed by atoms with Crippen LogP contribution in [0.4, 0.5) is 13.2 Å². The van der Waals surface area contributed by atoms with E-state index in [2.05, 4.69) is 15.1 Å². The summed E-state index contributed by atoms with van der Waals surface area (Å²) in [6.45, 7) is 0. The third-order valence-corrected chi connectivity index (χ3v) is 4.23. The lowest BCUT2D eigenvalue weighted by Crippen LogP contribution is -2.23. The molecule has 0 amide bonds. The molecule has 0 unspecified atom stereocenters. The zero-order valence-electron chi connectivity index (χ0n) is 11.9. The van der Waals surface area contributed by atoms with E-state index in [4.69, 9.17) is 0 Å². The highest BCUT2D eigenvalue weighted by molar-refractivity contribution is 5.78. The van der Waals surface area contributed by atoms with Crippen molar-refractivity contribution in [3.63, 3.8) is 0 Å². The van der Waals surface area contributed by atoms with Crippen LogP contribution in [-0.4, -0.2) is 24.1 Å². The molecule has 3 heterocycles. The Kier molecular flexibility index (Phi) is 2.94. The summed E-state index contributed by atoms with van der Waals surface area (Å²) in [4.78, 5) is 19.8. The van der Waals surface area contributed by atoms with Gasteiger partial charge in [-0.2, -0.15) is 22.7 Å². The minimum atomic E-state index is -4.65. The van der Waals surface area contributed by atoms with Crippen molar-refractivity contribution in [3.05, 3.63) is 34.6 Å². The highest BCUT2D eigenvalue weighted by atomic mass is 19.4. The van der Waals surface area contributed by atoms with Gasteiger partial charge < -0.3 is 4.57 Å². The van der Waals surface area contributed by atoms with Gasteiger partial charge in [0.25, 0.3) is 17.2 Å². The van der Waals surface area contributed by atoms with Gasteiger partial charge in [0.05, 0.1) is 10.9 Å². The van der Waals surface area contributed by atoms with Crippen LogP contribution in [0.3, 0.4) is 0 Å². The van der Waals surface area contributed by atoms with Gasteiger partial charge in [0, 0.05) is 18.4 Å². The van der Waals surface area contributed by atoms with E-state index in [0.717, 1.165) is 30.2 Å². The minimum absolute atomic E-state index is 0.143. The summed E-state index contributed by atoms with van der Waals surface area (Å²) in [5.74, 6) is -1.44. The first-order valence-corrected chi connectivity index (χ1v) is 7.29. The smallest absolute Gasteiger partial charge is 0.312 e. The van der Waals surface area contributed by atoms with Crippen LogP contribution in [0, 0.1) is 0 Å². The van der Waals surface area contributed by atoms with Gasteiger partial charge in [0.1, 0.15) is 0 Å². The highest BCUT2D eigenvalue weighted by Crippen LogP contribution is 2.29. The maximum Gasteiger partial charge on any atom is 0.453 e. The summed E-state index contributed by atoms with van der Waals surface area (Å²) in [5.41, 5.74) is 0.0186. The van der Waals surface area contributed by atoms with Crippen LogP contribution < -0.4 is 5.56 Å². The molecule has 0 radical (unpaired) electrons. The number of aromatic nitrogens is 5. The van der Waals surface area contributed by atoms with Gasteiger partial charge in [-0.25, -0.2) is 4.98 Å². The van der Waals surface area contributed by atoms with E-state index in [1.807, 2.05) is 0 Å². The molecule has 3 aromatic heterocycles. The first-order valence-electron chi connectivity index (χ1n) is 7.29. The number of fused-ring (bicyclic) bond motifs is 3. The predicted octanol–water partition coefficient (Wildman–Crippen LogP) is 2.57. The lowest BCUT2D eigenvalue weighted by molar-refractivity contribution is -0.144. The van der Waals surface area contributed by atoms with Crippen molar-refractivity contribution in [2.45, 2.75) is 37.9 Å². The van der Waals surface area contributed by atoms with Crippen molar-refractivity contribution in [1.29, 1.82) is 0 Å². The monoisotopic (exact) mass is 323 g/mol. The Bertz CT molecular complexity index is 953. The normalized spacial score (nSPS) is 16.7. The molecule has 0 N–H and O–H groups in total. The predicted molar refractivity (Wildman–Crippen MR) is 75.1 cm³/mol. The molecule has 0 aromatic carbocycles. The first kappa shape index (κ1) is 14.2. The van der Waals surface area contributed by atoms with Crippen molar-refractivity contribution >= 4 is 16.7 Å². The summed E-state index contributed by atoms with van der Waals surface area (Å²) in [6, 6.07) is 1.74. The van der Waals surface area contributed by atoms with Gasteiger partial charge in [-0.1, -0.05) is 12.8 Å². The SMILES string of the molecule is O=c1c2cnc3nc(C(F)(F)F)nn3c2ccn1C1CCCC1. The Balaban J connectivity index is 1.95. The standard InChI is InChI=1S/C14H12F3N5O/c15-14(16,17)12-19-13-18-7-9-10(22(13)20-12)5-6-21(11(9)23)8-3-1-2-4-8/h5-8H,1-4H2. The zero-order chi connectivity index (χ0) is 16.2. The van der Waals surface area contributed by atoms with Crippen molar-refractivity contribution in [3.8, 4) is 0 Å². The fourth-order valence-corrected chi connectivity index (χ4v) is 3.12. The maximum absolute atomic E-state index is 12.7. The van der Waals surface area contributed by atoms with Crippen molar-refractivity contribution in [1.82, 2.24) is 24.1 Å². The zero-order valence-corrected chi connectivity index (χ0v) is 11.9. The van der Waals surface area contributed by atoms with Crippen LogP contribution in [0.25, 0.3) is 16.7 Å². The molecule has 0 bridgehead atoms. The molecule has 1 aliphatic rings. The quantitative estimate of drug-likeness (QED) is 0.690. The Morgan fingerprint density at radius 3 is 2.65 bits per heavy atom. The average Bonchev–Trinajstić information content (AvgIpc) is 3.16. The van der Waals surface area contributed by atoms with Gasteiger partial charge in [-0.05, 0) is 18.9 Å². The number of pyridine rings is 1. The molecule has 3 aromatic rings. The van der Waals surface area contributed by atoms with E-state index < -0.39 is 12.0 Å². The molecule has 0 atom stereocenters. The molecular formula is C14H12F3N5O. The molecule has 6 nitrogen and oxygen atoms in total. The van der Waals surface area contributed by atoms with Crippen LogP contribution >= 0.6 is 0 Å². The Morgan fingerprint density at radius 1 is 1.22 bits per heavy atom. The van der Waals surface area contributed by atoms with Crippen LogP contribution in [0.1, 0.15) is 37.5 Å². The molecule has 4 rings (SSSR count).